The Labute approximate surface area is 211 Å². The van der Waals surface area contributed by atoms with Crippen molar-refractivity contribution < 1.29 is 28.2 Å². The minimum absolute atomic E-state index is 0.0520. The molecule has 3 aromatic heterocycles. The minimum Gasteiger partial charge on any atom is -0.494 e. The fourth-order valence-electron chi connectivity index (χ4n) is 6.03. The van der Waals surface area contributed by atoms with Crippen molar-refractivity contribution >= 4 is 28.0 Å². The Bertz CT molecular complexity index is 1480. The number of nitrogens with one attached hydrogen (secondary N) is 1. The largest absolute Gasteiger partial charge is 0.494 e. The number of carboxylic acid groups (broad SMARTS) is 1. The number of fused-ring (bicyclic) bond motifs is 2. The summed E-state index contributed by atoms with van der Waals surface area (Å²) in [4.78, 5) is 16.5. The molecule has 8 nitrogen and oxygen atoms in total. The number of pyridine rings is 1. The number of carboxylic acids is 1. The molecule has 2 N–H and O–H groups in total. The highest BCUT2D eigenvalue weighted by atomic mass is 19.1. The predicted octanol–water partition coefficient (Wildman–Crippen LogP) is 5.39. The Balaban J connectivity index is 1.61. The van der Waals surface area contributed by atoms with Gasteiger partial charge in [-0.3, -0.25) is 5.10 Å². The summed E-state index contributed by atoms with van der Waals surface area (Å²) in [5.74, 6) is -1.64. The first kappa shape index (κ1) is 23.8. The first-order valence-electron chi connectivity index (χ1n) is 12.6. The molecule has 1 saturated carbocycles. The van der Waals surface area contributed by atoms with Gasteiger partial charge in [-0.15, -0.1) is 0 Å². The van der Waals surface area contributed by atoms with Crippen LogP contribution in [0.5, 0.6) is 5.75 Å². The lowest BCUT2D eigenvalue weighted by Gasteiger charge is -2.33. The third-order valence-electron chi connectivity index (χ3n) is 7.99. The Morgan fingerprint density at radius 2 is 1.95 bits per heavy atom. The maximum absolute atomic E-state index is 15.0. The summed E-state index contributed by atoms with van der Waals surface area (Å²) in [5, 5.41) is 17.4. The van der Waals surface area contributed by atoms with Crippen molar-refractivity contribution in [3.63, 3.8) is 0 Å². The van der Waals surface area contributed by atoms with Crippen LogP contribution in [0.4, 0.5) is 8.78 Å². The van der Waals surface area contributed by atoms with Gasteiger partial charge < -0.3 is 19.1 Å². The van der Waals surface area contributed by atoms with Gasteiger partial charge in [0.15, 0.2) is 17.2 Å². The van der Waals surface area contributed by atoms with E-state index in [1.54, 1.807) is 18.3 Å². The van der Waals surface area contributed by atoms with E-state index in [0.717, 1.165) is 46.2 Å². The van der Waals surface area contributed by atoms with Gasteiger partial charge in [-0.1, -0.05) is 0 Å². The fraction of sp³-hybridized carbons (Fsp3) is 0.444. The number of benzene rings is 1. The van der Waals surface area contributed by atoms with Crippen LogP contribution < -0.4 is 4.74 Å². The zero-order valence-corrected chi connectivity index (χ0v) is 20.5. The van der Waals surface area contributed by atoms with Gasteiger partial charge in [0.1, 0.15) is 0 Å². The van der Waals surface area contributed by atoms with Crippen LogP contribution in [0.3, 0.4) is 0 Å². The molecule has 0 unspecified atom stereocenters. The van der Waals surface area contributed by atoms with Crippen molar-refractivity contribution in [3.05, 3.63) is 47.5 Å². The molecule has 1 aliphatic carbocycles. The van der Waals surface area contributed by atoms with Crippen molar-refractivity contribution in [1.82, 2.24) is 19.7 Å². The van der Waals surface area contributed by atoms with E-state index in [1.165, 1.54) is 13.2 Å². The molecule has 1 aliphatic heterocycles. The smallest absolute Gasteiger partial charge is 0.341 e. The summed E-state index contributed by atoms with van der Waals surface area (Å²) in [7, 11) is 1.44. The maximum atomic E-state index is 15.0. The number of aromatic amines is 1. The number of halogens is 2. The maximum Gasteiger partial charge on any atom is 0.341 e. The normalized spacial score (nSPS) is 23.1. The first-order chi connectivity index (χ1) is 17.9. The number of alkyl halides is 1. The van der Waals surface area contributed by atoms with Crippen molar-refractivity contribution in [2.24, 2.45) is 0 Å². The number of carbonyl (C=O) groups is 1. The molecule has 37 heavy (non-hydrogen) atoms. The van der Waals surface area contributed by atoms with Crippen LogP contribution in [0.2, 0.25) is 0 Å². The Hall–Kier alpha value is -3.53. The minimum atomic E-state index is -2.21. The molecule has 0 amide bonds. The lowest BCUT2D eigenvalue weighted by molar-refractivity contribution is -0.153. The second kappa shape index (κ2) is 9.09. The van der Waals surface area contributed by atoms with Crippen LogP contribution in [0.1, 0.15) is 61.6 Å². The number of ether oxygens (including phenoxy) is 2. The van der Waals surface area contributed by atoms with Gasteiger partial charge in [-0.05, 0) is 62.6 Å². The first-order valence-corrected chi connectivity index (χ1v) is 12.6. The lowest BCUT2D eigenvalue weighted by Crippen LogP contribution is -2.37. The molecular weight excluding hydrogens is 482 g/mol. The molecule has 1 aromatic carbocycles. The zero-order chi connectivity index (χ0) is 25.7. The van der Waals surface area contributed by atoms with Crippen molar-refractivity contribution in [1.29, 1.82) is 0 Å². The van der Waals surface area contributed by atoms with E-state index in [-0.39, 0.29) is 30.4 Å². The number of rotatable bonds is 5. The Morgan fingerprint density at radius 3 is 2.65 bits per heavy atom. The summed E-state index contributed by atoms with van der Waals surface area (Å²) in [6.45, 7) is 1.24. The SMILES string of the molecule is COc1cc(-n2c(C3CCOCC3)c(C3CCC(F)(C(=O)O)CC3)c3nc4[nH]ncc4cc32)ccc1F. The highest BCUT2D eigenvalue weighted by Gasteiger charge is 2.44. The highest BCUT2D eigenvalue weighted by Crippen LogP contribution is 2.48. The van der Waals surface area contributed by atoms with Crippen LogP contribution in [0.15, 0.2) is 30.5 Å². The van der Waals surface area contributed by atoms with Crippen LogP contribution in [0.25, 0.3) is 27.8 Å². The Morgan fingerprint density at radius 1 is 1.19 bits per heavy atom. The molecule has 2 fully saturated rings. The third-order valence-corrected chi connectivity index (χ3v) is 7.99. The molecule has 194 valence electrons. The van der Waals surface area contributed by atoms with Crippen molar-refractivity contribution in [2.45, 2.75) is 56.0 Å². The summed E-state index contributed by atoms with van der Waals surface area (Å²) in [6, 6.07) is 6.81. The number of aromatic nitrogens is 4. The second-order valence-corrected chi connectivity index (χ2v) is 10.0. The number of aliphatic carboxylic acids is 1. The van der Waals surface area contributed by atoms with Crippen LogP contribution in [-0.2, 0) is 9.53 Å². The Kier molecular flexibility index (Phi) is 5.86. The van der Waals surface area contributed by atoms with Crippen LogP contribution in [-0.4, -0.2) is 56.8 Å². The quantitative estimate of drug-likeness (QED) is 0.373. The topological polar surface area (TPSA) is 102 Å². The third kappa shape index (κ3) is 3.94. The summed E-state index contributed by atoms with van der Waals surface area (Å²) < 4.78 is 42.5. The fourth-order valence-corrected chi connectivity index (χ4v) is 6.03. The zero-order valence-electron chi connectivity index (χ0n) is 20.5. The molecular formula is C27H28F2N4O4. The summed E-state index contributed by atoms with van der Waals surface area (Å²) in [6.07, 6.45) is 4.00. The molecule has 0 atom stereocenters. The van der Waals surface area contributed by atoms with E-state index >= 15 is 4.39 Å². The highest BCUT2D eigenvalue weighted by molar-refractivity contribution is 5.94. The van der Waals surface area contributed by atoms with Gasteiger partial charge in [0.25, 0.3) is 0 Å². The number of nitrogens with zero attached hydrogens (tertiary/aromatic N) is 3. The van der Waals surface area contributed by atoms with E-state index in [2.05, 4.69) is 14.8 Å². The summed E-state index contributed by atoms with van der Waals surface area (Å²) in [5.41, 5.74) is 2.84. The van der Waals surface area contributed by atoms with Crippen molar-refractivity contribution in [3.8, 4) is 11.4 Å². The molecule has 0 radical (unpaired) electrons. The predicted molar refractivity (Wildman–Crippen MR) is 133 cm³/mol. The van der Waals surface area contributed by atoms with E-state index in [0.29, 0.717) is 31.7 Å². The molecule has 4 aromatic rings. The lowest BCUT2D eigenvalue weighted by atomic mass is 9.75. The van der Waals surface area contributed by atoms with E-state index in [1.807, 2.05) is 6.07 Å². The molecule has 0 spiro atoms. The standard InChI is InChI=1S/C27H28F2N4O4/c1-36-21-13-18(2-3-19(21)28)33-20-12-17-14-30-32-25(17)31-23(20)22(24(33)16-6-10-37-11-7-16)15-4-8-27(29,9-5-15)26(34)35/h2-3,12-16H,4-11H2,1H3,(H,34,35)(H,30,31,32). The van der Waals surface area contributed by atoms with Crippen LogP contribution in [0, 0.1) is 5.82 Å². The van der Waals surface area contributed by atoms with Gasteiger partial charge >= 0.3 is 5.97 Å². The number of hydrogen-bond donors (Lipinski definition) is 2. The van der Waals surface area contributed by atoms with E-state index < -0.39 is 17.5 Å². The molecule has 0 bridgehead atoms. The number of H-pyrrole nitrogens is 1. The van der Waals surface area contributed by atoms with Gasteiger partial charge in [-0.25, -0.2) is 18.6 Å². The van der Waals surface area contributed by atoms with Gasteiger partial charge in [0, 0.05) is 47.5 Å². The van der Waals surface area contributed by atoms with Crippen molar-refractivity contribution in [2.75, 3.05) is 20.3 Å². The van der Waals surface area contributed by atoms with Crippen LogP contribution >= 0.6 is 0 Å². The molecule has 10 heteroatoms. The monoisotopic (exact) mass is 510 g/mol. The summed E-state index contributed by atoms with van der Waals surface area (Å²) >= 11 is 0. The average Bonchev–Trinajstić information content (AvgIpc) is 3.50. The molecule has 1 saturated heterocycles. The van der Waals surface area contributed by atoms with E-state index in [9.17, 15) is 14.3 Å². The molecule has 6 rings (SSSR count). The van der Waals surface area contributed by atoms with Gasteiger partial charge in [0.2, 0.25) is 5.67 Å². The van der Waals surface area contributed by atoms with Gasteiger partial charge in [-0.2, -0.15) is 5.10 Å². The number of hydrogen-bond acceptors (Lipinski definition) is 5. The van der Waals surface area contributed by atoms with E-state index in [4.69, 9.17) is 14.5 Å². The second-order valence-electron chi connectivity index (χ2n) is 10.0. The number of methoxy groups -OCH3 is 1. The average molecular weight is 511 g/mol. The molecule has 4 heterocycles. The van der Waals surface area contributed by atoms with Gasteiger partial charge in [0.05, 0.1) is 24.3 Å². The molecule has 2 aliphatic rings.